The molecule has 0 rings (SSSR count). The van der Waals surface area contributed by atoms with E-state index in [4.69, 9.17) is 27.2 Å². The predicted octanol–water partition coefficient (Wildman–Crippen LogP) is 1.46. The first-order valence-electron chi connectivity index (χ1n) is 8.25. The van der Waals surface area contributed by atoms with E-state index < -0.39 is 17.6 Å². The maximum absolute atomic E-state index is 9.21. The lowest BCUT2D eigenvalue weighted by Gasteiger charge is -2.23. The lowest BCUT2D eigenvalue weighted by Crippen LogP contribution is -2.42. The SMILES string of the molecule is CCO.CCO[Si](C)(O)OCC.CCO[Si](C)(OCC)OCC.O. The second kappa shape index (κ2) is 21.2. The van der Waals surface area contributed by atoms with Crippen LogP contribution in [0.4, 0.5) is 0 Å². The molecule has 0 unspecified atom stereocenters. The molecule has 0 aromatic rings. The van der Waals surface area contributed by atoms with E-state index in [9.17, 15) is 4.80 Å². The van der Waals surface area contributed by atoms with Gasteiger partial charge in [-0.05, 0) is 41.5 Å². The minimum Gasteiger partial charge on any atom is -0.412 e. The number of hydrogen-bond donors (Lipinski definition) is 2. The second-order valence-electron chi connectivity index (χ2n) is 4.24. The Morgan fingerprint density at radius 1 is 0.625 bits per heavy atom. The van der Waals surface area contributed by atoms with Crippen LogP contribution in [0.3, 0.4) is 0 Å². The third kappa shape index (κ3) is 24.4. The zero-order chi connectivity index (χ0) is 18.8. The summed E-state index contributed by atoms with van der Waals surface area (Å²) in [7, 11) is -4.95. The van der Waals surface area contributed by atoms with E-state index in [1.165, 1.54) is 0 Å². The van der Waals surface area contributed by atoms with E-state index in [-0.39, 0.29) is 12.1 Å². The van der Waals surface area contributed by atoms with Crippen LogP contribution in [0.25, 0.3) is 0 Å². The van der Waals surface area contributed by atoms with E-state index >= 15 is 0 Å². The first-order valence-corrected chi connectivity index (χ1v) is 12.7. The van der Waals surface area contributed by atoms with Crippen molar-refractivity contribution >= 4 is 17.6 Å². The van der Waals surface area contributed by atoms with Crippen molar-refractivity contribution < 1.29 is 37.5 Å². The van der Waals surface area contributed by atoms with Crippen LogP contribution in [0.5, 0.6) is 0 Å². The van der Waals surface area contributed by atoms with Gasteiger partial charge in [0.15, 0.2) is 0 Å². The Balaban J connectivity index is -0.000000140. The van der Waals surface area contributed by atoms with E-state index in [1.54, 1.807) is 13.5 Å². The van der Waals surface area contributed by atoms with Crippen LogP contribution in [0.2, 0.25) is 13.1 Å². The normalized spacial score (nSPS) is 10.8. The summed E-state index contributed by atoms with van der Waals surface area (Å²) in [6.07, 6.45) is 0. The van der Waals surface area contributed by atoms with Gasteiger partial charge in [-0.15, -0.1) is 0 Å². The zero-order valence-corrected chi connectivity index (χ0v) is 18.7. The Morgan fingerprint density at radius 2 is 0.833 bits per heavy atom. The van der Waals surface area contributed by atoms with Gasteiger partial charge in [-0.25, -0.2) is 0 Å². The van der Waals surface area contributed by atoms with Crippen molar-refractivity contribution in [3.05, 3.63) is 0 Å². The number of aliphatic hydroxyl groups excluding tert-OH is 1. The second-order valence-corrected chi connectivity index (χ2v) is 9.21. The quantitative estimate of drug-likeness (QED) is 0.540. The summed E-state index contributed by atoms with van der Waals surface area (Å²) in [5, 5.41) is 7.57. The van der Waals surface area contributed by atoms with Crippen LogP contribution in [-0.2, 0) is 22.1 Å². The molecule has 24 heavy (non-hydrogen) atoms. The minimum absolute atomic E-state index is 0. The molecule has 0 saturated heterocycles. The highest BCUT2D eigenvalue weighted by Crippen LogP contribution is 2.08. The molecule has 0 aliphatic rings. The van der Waals surface area contributed by atoms with Gasteiger partial charge in [0.1, 0.15) is 0 Å². The molecular formula is C14H40O8Si2. The van der Waals surface area contributed by atoms with Crippen LogP contribution in [0.15, 0.2) is 0 Å². The van der Waals surface area contributed by atoms with Crippen molar-refractivity contribution in [3.63, 3.8) is 0 Å². The summed E-state index contributed by atoms with van der Waals surface area (Å²) in [4.78, 5) is 9.21. The third-order valence-corrected chi connectivity index (χ3v) is 6.13. The van der Waals surface area contributed by atoms with Crippen LogP contribution >= 0.6 is 0 Å². The topological polar surface area (TPSA) is 118 Å². The molecule has 0 spiro atoms. The molecule has 0 aromatic heterocycles. The van der Waals surface area contributed by atoms with Gasteiger partial charge < -0.3 is 37.5 Å². The fraction of sp³-hybridized carbons (Fsp3) is 1.00. The van der Waals surface area contributed by atoms with Crippen LogP contribution in [-0.4, -0.2) is 72.6 Å². The summed E-state index contributed by atoms with van der Waals surface area (Å²) in [5.41, 5.74) is 0. The smallest absolute Gasteiger partial charge is 0.412 e. The van der Waals surface area contributed by atoms with Gasteiger partial charge in [0, 0.05) is 52.7 Å². The first kappa shape index (κ1) is 31.8. The molecule has 152 valence electrons. The molecule has 0 fully saturated rings. The van der Waals surface area contributed by atoms with E-state index in [0.717, 1.165) is 0 Å². The lowest BCUT2D eigenvalue weighted by atomic mass is 10.9. The lowest BCUT2D eigenvalue weighted by molar-refractivity contribution is 0.0783. The predicted molar refractivity (Wildman–Crippen MR) is 100.0 cm³/mol. The highest BCUT2D eigenvalue weighted by molar-refractivity contribution is 6.59. The van der Waals surface area contributed by atoms with Crippen molar-refractivity contribution in [1.29, 1.82) is 0 Å². The van der Waals surface area contributed by atoms with Gasteiger partial charge in [-0.2, -0.15) is 0 Å². The fourth-order valence-electron chi connectivity index (χ4n) is 1.49. The Bertz CT molecular complexity index is 208. The van der Waals surface area contributed by atoms with Crippen LogP contribution < -0.4 is 0 Å². The molecule has 0 amide bonds. The molecule has 8 nitrogen and oxygen atoms in total. The van der Waals surface area contributed by atoms with Crippen molar-refractivity contribution in [2.75, 3.05) is 39.6 Å². The molecule has 0 aliphatic carbocycles. The Kier molecular flexibility index (Phi) is 28.1. The molecule has 0 saturated carbocycles. The molecule has 0 aliphatic heterocycles. The van der Waals surface area contributed by atoms with Crippen molar-refractivity contribution in [1.82, 2.24) is 0 Å². The van der Waals surface area contributed by atoms with Crippen molar-refractivity contribution in [2.24, 2.45) is 0 Å². The molecule has 4 N–H and O–H groups in total. The number of hydrogen-bond acceptors (Lipinski definition) is 7. The minimum atomic E-state index is -2.70. The first-order chi connectivity index (χ1) is 10.7. The Morgan fingerprint density at radius 3 is 1.00 bits per heavy atom. The van der Waals surface area contributed by atoms with Gasteiger partial charge >= 0.3 is 17.6 Å². The van der Waals surface area contributed by atoms with E-state index in [1.807, 2.05) is 41.2 Å². The summed E-state index contributed by atoms with van der Waals surface area (Å²) in [6, 6.07) is 0. The molecular weight excluding hydrogens is 352 g/mol. The zero-order valence-electron chi connectivity index (χ0n) is 16.7. The maximum atomic E-state index is 9.21. The van der Waals surface area contributed by atoms with Crippen molar-refractivity contribution in [3.8, 4) is 0 Å². The number of rotatable bonds is 10. The Hall–Kier alpha value is 0.114. The average Bonchev–Trinajstić information content (AvgIpc) is 2.40. The monoisotopic (exact) mass is 392 g/mol. The third-order valence-electron chi connectivity index (χ3n) is 2.04. The molecule has 0 bridgehead atoms. The van der Waals surface area contributed by atoms with Gasteiger partial charge in [0.2, 0.25) is 0 Å². The molecule has 0 aromatic carbocycles. The van der Waals surface area contributed by atoms with E-state index in [0.29, 0.717) is 33.0 Å². The van der Waals surface area contributed by atoms with E-state index in [2.05, 4.69) is 0 Å². The molecule has 10 heteroatoms. The molecule has 0 atom stereocenters. The van der Waals surface area contributed by atoms with Gasteiger partial charge in [-0.3, -0.25) is 0 Å². The fourth-order valence-corrected chi connectivity index (χ4v) is 4.47. The highest BCUT2D eigenvalue weighted by atomic mass is 28.4. The van der Waals surface area contributed by atoms with Gasteiger partial charge in [-0.1, -0.05) is 0 Å². The summed E-state index contributed by atoms with van der Waals surface area (Å²) >= 11 is 0. The Labute approximate surface area is 150 Å². The number of aliphatic hydroxyl groups is 1. The van der Waals surface area contributed by atoms with Gasteiger partial charge in [0.05, 0.1) is 0 Å². The average molecular weight is 393 g/mol. The standard InChI is InChI=1S/C7H18O3Si.C5H14O3Si.C2H6O.H2O/c1-5-8-11(4,9-6-2)10-7-3;1-4-7-9(3,6)8-5-2;1-2-3;/h5-7H2,1-4H3;6H,4-5H2,1-3H3;3H,2H2,1H3;1H2. The summed E-state index contributed by atoms with van der Waals surface area (Å²) < 4.78 is 26.1. The summed E-state index contributed by atoms with van der Waals surface area (Å²) in [6.45, 7) is 18.0. The molecule has 0 heterocycles. The largest absolute Gasteiger partial charge is 0.497 e. The highest BCUT2D eigenvalue weighted by Gasteiger charge is 2.33. The van der Waals surface area contributed by atoms with Gasteiger partial charge in [0.25, 0.3) is 0 Å². The molecule has 0 radical (unpaired) electrons. The van der Waals surface area contributed by atoms with Crippen molar-refractivity contribution in [2.45, 2.75) is 54.6 Å². The van der Waals surface area contributed by atoms with Crippen LogP contribution in [0, 0.1) is 0 Å². The maximum Gasteiger partial charge on any atom is 0.497 e. The van der Waals surface area contributed by atoms with Crippen LogP contribution in [0.1, 0.15) is 41.5 Å². The summed E-state index contributed by atoms with van der Waals surface area (Å²) in [5.74, 6) is 0.